The van der Waals surface area contributed by atoms with Gasteiger partial charge in [-0.3, -0.25) is 9.24 Å². The predicted molar refractivity (Wildman–Crippen MR) is 202 cm³/mol. The highest BCUT2D eigenvalue weighted by atomic mass is 31.2. The van der Waals surface area contributed by atoms with Gasteiger partial charge in [-0.25, -0.2) is 0 Å². The van der Waals surface area contributed by atoms with E-state index in [9.17, 15) is 0 Å². The second-order valence-electron chi connectivity index (χ2n) is 13.3. The van der Waals surface area contributed by atoms with Crippen LogP contribution in [0.15, 0.2) is 170 Å². The molecule has 3 heteroatoms. The van der Waals surface area contributed by atoms with Crippen LogP contribution >= 0.6 is 7.29 Å². The van der Waals surface area contributed by atoms with Crippen molar-refractivity contribution in [2.75, 3.05) is 4.67 Å². The summed E-state index contributed by atoms with van der Waals surface area (Å²) in [6.45, 7) is 4.66. The summed E-state index contributed by atoms with van der Waals surface area (Å²) in [5, 5.41) is 1.68. The van der Waals surface area contributed by atoms with E-state index in [1.165, 1.54) is 33.4 Å². The number of para-hydroxylation sites is 1. The van der Waals surface area contributed by atoms with Crippen molar-refractivity contribution in [2.45, 2.75) is 19.3 Å². The van der Waals surface area contributed by atoms with Crippen molar-refractivity contribution in [2.24, 2.45) is 0 Å². The second-order valence-corrected chi connectivity index (χ2v) is 15.9. The summed E-state index contributed by atoms with van der Waals surface area (Å²) in [4.78, 5) is 0. The molecule has 0 bridgehead atoms. The molecule has 0 spiro atoms. The third kappa shape index (κ3) is 4.23. The predicted octanol–water partition coefficient (Wildman–Crippen LogP) is 11.4. The van der Waals surface area contributed by atoms with Crippen molar-refractivity contribution < 1.29 is 4.57 Å². The third-order valence-corrected chi connectivity index (χ3v) is 13.3. The van der Waals surface area contributed by atoms with E-state index >= 15 is 4.57 Å². The average molecular weight is 636 g/mol. The zero-order valence-corrected chi connectivity index (χ0v) is 27.9. The van der Waals surface area contributed by atoms with E-state index in [0.717, 1.165) is 44.2 Å². The maximum atomic E-state index is 15.6. The third-order valence-electron chi connectivity index (χ3n) is 10.2. The lowest BCUT2D eigenvalue weighted by Crippen LogP contribution is -2.33. The van der Waals surface area contributed by atoms with Crippen molar-refractivity contribution in [3.05, 3.63) is 181 Å². The minimum Gasteiger partial charge on any atom is -0.289 e. The van der Waals surface area contributed by atoms with Gasteiger partial charge in [0.25, 0.3) is 0 Å². The smallest absolute Gasteiger partial charge is 0.234 e. The van der Waals surface area contributed by atoms with Crippen LogP contribution in [0.5, 0.6) is 0 Å². The molecule has 2 aliphatic rings. The monoisotopic (exact) mass is 635 g/mol. The quantitative estimate of drug-likeness (QED) is 0.179. The molecule has 48 heavy (non-hydrogen) atoms. The van der Waals surface area contributed by atoms with Crippen molar-refractivity contribution in [1.82, 2.24) is 0 Å². The van der Waals surface area contributed by atoms with Crippen molar-refractivity contribution in [1.29, 1.82) is 0 Å². The van der Waals surface area contributed by atoms with E-state index in [1.54, 1.807) is 0 Å². The zero-order valence-electron chi connectivity index (χ0n) is 27.0. The van der Waals surface area contributed by atoms with Gasteiger partial charge in [0.1, 0.15) is 0 Å². The first-order chi connectivity index (χ1) is 23.4. The summed E-state index contributed by atoms with van der Waals surface area (Å²) < 4.78 is 17.7. The second kappa shape index (κ2) is 10.8. The van der Waals surface area contributed by atoms with Crippen LogP contribution in [0.3, 0.4) is 0 Å². The van der Waals surface area contributed by atoms with Gasteiger partial charge in [0, 0.05) is 27.3 Å². The Bertz CT molecular complexity index is 2410. The van der Waals surface area contributed by atoms with Gasteiger partial charge in [0.05, 0.1) is 5.69 Å². The number of rotatable bonds is 4. The standard InChI is InChI=1S/C45H34NOP/c1-45(2)41-22-11-9-20-37(41)38-26-24-34(30-42(38)45)32-15-13-14-31(28-32)33-25-27-43-40(29-33)39-21-10-12-23-44(39)48(47,36-18-7-4-8-19-36)46(43)35-16-5-3-6-17-35/h3-30H,1-2H3. The van der Waals surface area contributed by atoms with Crippen LogP contribution in [0.4, 0.5) is 11.4 Å². The van der Waals surface area contributed by atoms with Gasteiger partial charge >= 0.3 is 0 Å². The van der Waals surface area contributed by atoms with Crippen LogP contribution in [0.1, 0.15) is 25.0 Å². The molecule has 230 valence electrons. The molecule has 0 saturated carbocycles. The van der Waals surface area contributed by atoms with E-state index < -0.39 is 7.29 Å². The molecule has 0 radical (unpaired) electrons. The Hall–Kier alpha value is -5.43. The van der Waals surface area contributed by atoms with Crippen LogP contribution in [0, 0.1) is 0 Å². The summed E-state index contributed by atoms with van der Waals surface area (Å²) >= 11 is 0. The van der Waals surface area contributed by atoms with Gasteiger partial charge in [-0.15, -0.1) is 0 Å². The van der Waals surface area contributed by atoms with E-state index in [2.05, 4.69) is 128 Å². The first kappa shape index (κ1) is 28.8. The normalized spacial score (nSPS) is 16.8. The number of benzene rings is 7. The van der Waals surface area contributed by atoms with E-state index in [0.29, 0.717) is 0 Å². The molecule has 0 aromatic heterocycles. The fourth-order valence-electron chi connectivity index (χ4n) is 7.86. The van der Waals surface area contributed by atoms with Crippen molar-refractivity contribution >= 4 is 29.3 Å². The van der Waals surface area contributed by atoms with Gasteiger partial charge in [0.15, 0.2) is 0 Å². The largest absolute Gasteiger partial charge is 0.289 e. The molecule has 0 saturated heterocycles. The Morgan fingerprint density at radius 3 is 1.81 bits per heavy atom. The molecular weight excluding hydrogens is 601 g/mol. The lowest BCUT2D eigenvalue weighted by molar-refractivity contribution is 0.587. The highest BCUT2D eigenvalue weighted by Crippen LogP contribution is 2.61. The Morgan fingerprint density at radius 2 is 1.04 bits per heavy atom. The Morgan fingerprint density at radius 1 is 0.458 bits per heavy atom. The fraction of sp³-hybridized carbons (Fsp3) is 0.0667. The van der Waals surface area contributed by atoms with Gasteiger partial charge in [-0.05, 0) is 105 Å². The summed E-state index contributed by atoms with van der Waals surface area (Å²) in [6, 6.07) is 59.5. The summed E-state index contributed by atoms with van der Waals surface area (Å²) in [6.07, 6.45) is 0. The summed E-state index contributed by atoms with van der Waals surface area (Å²) in [7, 11) is -3.26. The molecule has 0 fully saturated rings. The van der Waals surface area contributed by atoms with E-state index in [-0.39, 0.29) is 5.41 Å². The lowest BCUT2D eigenvalue weighted by atomic mass is 9.81. The first-order valence-electron chi connectivity index (χ1n) is 16.6. The number of anilines is 2. The Labute approximate surface area is 282 Å². The van der Waals surface area contributed by atoms with Gasteiger partial charge < -0.3 is 0 Å². The van der Waals surface area contributed by atoms with Crippen LogP contribution < -0.4 is 15.3 Å². The molecule has 7 aromatic carbocycles. The van der Waals surface area contributed by atoms with E-state index in [1.807, 2.05) is 60.7 Å². The van der Waals surface area contributed by atoms with Crippen LogP contribution in [0.25, 0.3) is 44.5 Å². The molecule has 7 aromatic rings. The Balaban J connectivity index is 1.18. The summed E-state index contributed by atoms with van der Waals surface area (Å²) in [5.74, 6) is 0. The van der Waals surface area contributed by atoms with Crippen LogP contribution in [-0.2, 0) is 9.98 Å². The number of hydrogen-bond acceptors (Lipinski definition) is 1. The zero-order chi connectivity index (χ0) is 32.5. The number of fused-ring (bicyclic) bond motifs is 6. The maximum Gasteiger partial charge on any atom is 0.234 e. The molecule has 0 N–H and O–H groups in total. The number of hydrogen-bond donors (Lipinski definition) is 0. The minimum absolute atomic E-state index is 0.0464. The first-order valence-corrected chi connectivity index (χ1v) is 18.2. The molecule has 1 unspecified atom stereocenters. The fourth-order valence-corrected chi connectivity index (χ4v) is 10.9. The van der Waals surface area contributed by atoms with Crippen molar-refractivity contribution in [3.8, 4) is 44.5 Å². The molecule has 1 aliphatic heterocycles. The highest BCUT2D eigenvalue weighted by molar-refractivity contribution is 7.80. The minimum atomic E-state index is -3.26. The molecule has 1 aliphatic carbocycles. The highest BCUT2D eigenvalue weighted by Gasteiger charge is 2.43. The molecular formula is C45H34NOP. The van der Waals surface area contributed by atoms with Crippen LogP contribution in [-0.4, -0.2) is 0 Å². The SMILES string of the molecule is CC1(C)c2ccccc2-c2ccc(-c3cccc(-c4ccc5c(c4)-c4ccccc4P(=O)(c4ccccc4)N5c4ccccc4)c3)cc21. The van der Waals surface area contributed by atoms with Crippen LogP contribution in [0.2, 0.25) is 0 Å². The molecule has 0 amide bonds. The molecule has 9 rings (SSSR count). The topological polar surface area (TPSA) is 20.3 Å². The van der Waals surface area contributed by atoms with Gasteiger partial charge in [0.2, 0.25) is 7.29 Å². The van der Waals surface area contributed by atoms with Crippen molar-refractivity contribution in [3.63, 3.8) is 0 Å². The average Bonchev–Trinajstić information content (AvgIpc) is 3.38. The Kier molecular flexibility index (Phi) is 6.48. The number of nitrogens with zero attached hydrogens (tertiary/aromatic N) is 1. The maximum absolute atomic E-state index is 15.6. The van der Waals surface area contributed by atoms with Gasteiger partial charge in [-0.2, -0.15) is 0 Å². The lowest BCUT2D eigenvalue weighted by Gasteiger charge is -2.40. The van der Waals surface area contributed by atoms with Gasteiger partial charge in [-0.1, -0.05) is 129 Å². The molecule has 2 nitrogen and oxygen atoms in total. The van der Waals surface area contributed by atoms with E-state index in [4.69, 9.17) is 0 Å². The molecule has 1 atom stereocenters. The molecule has 1 heterocycles. The summed E-state index contributed by atoms with van der Waals surface area (Å²) in [5.41, 5.74) is 14.1.